The monoisotopic (exact) mass is 285 g/mol. The van der Waals surface area contributed by atoms with E-state index in [-0.39, 0.29) is 5.91 Å². The number of hydrogen-bond donors (Lipinski definition) is 3. The summed E-state index contributed by atoms with van der Waals surface area (Å²) in [7, 11) is 0. The maximum Gasteiger partial charge on any atom is 0.282 e. The molecule has 0 spiro atoms. The smallest absolute Gasteiger partial charge is 0.282 e. The highest BCUT2D eigenvalue weighted by atomic mass is 35.5. The lowest BCUT2D eigenvalue weighted by Crippen LogP contribution is -2.30. The van der Waals surface area contributed by atoms with Crippen LogP contribution in [0.15, 0.2) is 48.5 Å². The van der Waals surface area contributed by atoms with E-state index in [1.165, 1.54) is 0 Å². The van der Waals surface area contributed by atoms with Crippen molar-refractivity contribution >= 4 is 28.4 Å². The van der Waals surface area contributed by atoms with Crippen molar-refractivity contribution in [3.05, 3.63) is 59.2 Å². The summed E-state index contributed by atoms with van der Waals surface area (Å²) in [4.78, 5) is 15.0. The lowest BCUT2D eigenvalue weighted by molar-refractivity contribution is 0.0950. The number of benzene rings is 2. The number of nitrogen functional groups attached to an aromatic ring is 1. The number of rotatable bonds is 2. The van der Waals surface area contributed by atoms with Crippen molar-refractivity contribution in [2.24, 2.45) is 5.84 Å². The van der Waals surface area contributed by atoms with Gasteiger partial charge < -0.3 is 4.98 Å². The molecule has 0 unspecified atom stereocenters. The zero-order valence-electron chi connectivity index (χ0n) is 10.5. The highest BCUT2D eigenvalue weighted by Crippen LogP contribution is 2.35. The number of hydrogen-bond acceptors (Lipinski definition) is 2. The van der Waals surface area contributed by atoms with Crippen molar-refractivity contribution in [3.63, 3.8) is 0 Å². The van der Waals surface area contributed by atoms with Crippen LogP contribution in [0.1, 0.15) is 10.5 Å². The number of carbonyl (C=O) groups excluding carboxylic acids is 1. The van der Waals surface area contributed by atoms with Crippen molar-refractivity contribution in [1.29, 1.82) is 0 Å². The molecular formula is C15H12ClN3O. The molecule has 0 aliphatic carbocycles. The molecule has 1 aromatic heterocycles. The van der Waals surface area contributed by atoms with Gasteiger partial charge in [0.1, 0.15) is 5.69 Å². The molecule has 3 aromatic rings. The molecule has 1 amide bonds. The molecule has 20 heavy (non-hydrogen) atoms. The Hall–Kier alpha value is -2.30. The number of aromatic amines is 1. The Kier molecular flexibility index (Phi) is 3.18. The Labute approximate surface area is 120 Å². The molecule has 0 radical (unpaired) electrons. The Morgan fingerprint density at radius 2 is 1.85 bits per heavy atom. The van der Waals surface area contributed by atoms with Crippen molar-refractivity contribution in [1.82, 2.24) is 10.4 Å². The topological polar surface area (TPSA) is 70.9 Å². The second-order valence-corrected chi connectivity index (χ2v) is 4.78. The van der Waals surface area contributed by atoms with Crippen LogP contribution in [-0.4, -0.2) is 10.9 Å². The van der Waals surface area contributed by atoms with Gasteiger partial charge in [0.2, 0.25) is 0 Å². The van der Waals surface area contributed by atoms with E-state index in [4.69, 9.17) is 17.4 Å². The maximum atomic E-state index is 12.0. The van der Waals surface area contributed by atoms with Crippen molar-refractivity contribution in [2.75, 3.05) is 0 Å². The molecule has 0 bridgehead atoms. The van der Waals surface area contributed by atoms with Crippen LogP contribution in [0.25, 0.3) is 22.0 Å². The predicted molar refractivity (Wildman–Crippen MR) is 80.4 cm³/mol. The van der Waals surface area contributed by atoms with Crippen LogP contribution in [0.5, 0.6) is 0 Å². The highest BCUT2D eigenvalue weighted by molar-refractivity contribution is 6.35. The molecule has 0 saturated carbocycles. The molecule has 0 aliphatic heterocycles. The fourth-order valence-corrected chi connectivity index (χ4v) is 2.55. The second kappa shape index (κ2) is 5.00. The third-order valence-electron chi connectivity index (χ3n) is 3.20. The minimum absolute atomic E-state index is 0.379. The molecule has 100 valence electrons. The van der Waals surface area contributed by atoms with Crippen LogP contribution in [-0.2, 0) is 0 Å². The Morgan fingerprint density at radius 3 is 2.55 bits per heavy atom. The lowest BCUT2D eigenvalue weighted by atomic mass is 10.0. The molecular weight excluding hydrogens is 274 g/mol. The normalized spacial score (nSPS) is 10.7. The van der Waals surface area contributed by atoms with Gasteiger partial charge in [-0.25, -0.2) is 5.84 Å². The first-order chi connectivity index (χ1) is 9.72. The SMILES string of the molecule is NNC(=O)c1[nH]c2c(Cl)cccc2c1-c1ccccc1. The second-order valence-electron chi connectivity index (χ2n) is 4.38. The molecule has 0 saturated heterocycles. The first kappa shape index (κ1) is 12.7. The Morgan fingerprint density at radius 1 is 1.10 bits per heavy atom. The van der Waals surface area contributed by atoms with Gasteiger partial charge in [0.15, 0.2) is 0 Å². The molecule has 0 fully saturated rings. The van der Waals surface area contributed by atoms with Gasteiger partial charge >= 0.3 is 0 Å². The van der Waals surface area contributed by atoms with Gasteiger partial charge in [-0.05, 0) is 11.6 Å². The van der Waals surface area contributed by atoms with Crippen LogP contribution in [0.4, 0.5) is 0 Å². The summed E-state index contributed by atoms with van der Waals surface area (Å²) in [5, 5.41) is 1.46. The summed E-state index contributed by atoms with van der Waals surface area (Å²) in [6.45, 7) is 0. The van der Waals surface area contributed by atoms with Gasteiger partial charge in [-0.2, -0.15) is 0 Å². The summed E-state index contributed by atoms with van der Waals surface area (Å²) >= 11 is 6.18. The molecule has 2 aromatic carbocycles. The summed E-state index contributed by atoms with van der Waals surface area (Å²) in [5.74, 6) is 4.88. The minimum atomic E-state index is -0.379. The fraction of sp³-hybridized carbons (Fsp3) is 0. The van der Waals surface area contributed by atoms with Gasteiger partial charge in [-0.15, -0.1) is 0 Å². The molecule has 4 nitrogen and oxygen atoms in total. The van der Waals surface area contributed by atoms with Crippen molar-refractivity contribution in [3.8, 4) is 11.1 Å². The van der Waals surface area contributed by atoms with Gasteiger partial charge in [-0.3, -0.25) is 10.2 Å². The van der Waals surface area contributed by atoms with E-state index in [1.54, 1.807) is 6.07 Å². The van der Waals surface area contributed by atoms with Gasteiger partial charge in [-0.1, -0.05) is 54.1 Å². The zero-order valence-corrected chi connectivity index (χ0v) is 11.2. The fourth-order valence-electron chi connectivity index (χ4n) is 2.33. The average Bonchev–Trinajstić information content (AvgIpc) is 2.88. The zero-order chi connectivity index (χ0) is 14.1. The van der Waals surface area contributed by atoms with E-state index in [1.807, 2.05) is 42.5 Å². The third-order valence-corrected chi connectivity index (χ3v) is 3.52. The van der Waals surface area contributed by atoms with Gasteiger partial charge in [0.25, 0.3) is 5.91 Å². The number of para-hydroxylation sites is 1. The molecule has 1 heterocycles. The molecule has 5 heteroatoms. The van der Waals surface area contributed by atoms with Crippen LogP contribution < -0.4 is 11.3 Å². The lowest BCUT2D eigenvalue weighted by Gasteiger charge is -2.03. The van der Waals surface area contributed by atoms with E-state index in [0.717, 1.165) is 22.0 Å². The number of halogens is 1. The Balaban J connectivity index is 2.38. The average molecular weight is 286 g/mol. The molecule has 3 rings (SSSR count). The van der Waals surface area contributed by atoms with Gasteiger partial charge in [0, 0.05) is 10.9 Å². The summed E-state index contributed by atoms with van der Waals surface area (Å²) in [6, 6.07) is 15.2. The van der Waals surface area contributed by atoms with Crippen LogP contribution in [0.2, 0.25) is 5.02 Å². The maximum absolute atomic E-state index is 12.0. The number of nitrogens with two attached hydrogens (primary N) is 1. The van der Waals surface area contributed by atoms with E-state index in [2.05, 4.69) is 10.4 Å². The van der Waals surface area contributed by atoms with E-state index >= 15 is 0 Å². The number of hydrazine groups is 1. The summed E-state index contributed by atoms with van der Waals surface area (Å²) < 4.78 is 0. The highest BCUT2D eigenvalue weighted by Gasteiger charge is 2.19. The quantitative estimate of drug-likeness (QED) is 0.385. The van der Waals surface area contributed by atoms with Crippen LogP contribution in [0.3, 0.4) is 0 Å². The molecule has 0 aliphatic rings. The first-order valence-corrected chi connectivity index (χ1v) is 6.46. The molecule has 0 atom stereocenters. The number of aromatic nitrogens is 1. The number of fused-ring (bicyclic) bond motifs is 1. The third kappa shape index (κ3) is 1.95. The van der Waals surface area contributed by atoms with Crippen molar-refractivity contribution < 1.29 is 4.79 Å². The van der Waals surface area contributed by atoms with Crippen LogP contribution >= 0.6 is 11.6 Å². The van der Waals surface area contributed by atoms with Gasteiger partial charge in [0.05, 0.1) is 10.5 Å². The number of amides is 1. The van der Waals surface area contributed by atoms with Crippen molar-refractivity contribution in [2.45, 2.75) is 0 Å². The van der Waals surface area contributed by atoms with E-state index in [0.29, 0.717) is 10.7 Å². The van der Waals surface area contributed by atoms with E-state index in [9.17, 15) is 4.79 Å². The number of carbonyl (C=O) groups is 1. The first-order valence-electron chi connectivity index (χ1n) is 6.09. The largest absolute Gasteiger partial charge is 0.349 e. The summed E-state index contributed by atoms with van der Waals surface area (Å²) in [5.41, 5.74) is 5.02. The summed E-state index contributed by atoms with van der Waals surface area (Å²) in [6.07, 6.45) is 0. The number of nitrogens with one attached hydrogen (secondary N) is 2. The molecule has 4 N–H and O–H groups in total. The standard InChI is InChI=1S/C15H12ClN3O/c16-11-8-4-7-10-12(9-5-2-1-3-6-9)14(15(20)19-17)18-13(10)11/h1-8,18H,17H2,(H,19,20). The Bertz CT molecular complexity index is 780. The number of H-pyrrole nitrogens is 1. The van der Waals surface area contributed by atoms with E-state index < -0.39 is 0 Å². The van der Waals surface area contributed by atoms with Crippen LogP contribution in [0, 0.1) is 0 Å². The minimum Gasteiger partial charge on any atom is -0.349 e. The predicted octanol–water partition coefficient (Wildman–Crippen LogP) is 3.09.